The summed E-state index contributed by atoms with van der Waals surface area (Å²) in [6, 6.07) is 16.6. The number of anilines is 1. The first-order valence-electron chi connectivity index (χ1n) is 8.45. The number of amides is 1. The number of nitrogens with zero attached hydrogens (tertiary/aromatic N) is 1. The van der Waals surface area contributed by atoms with Crippen LogP contribution in [0.1, 0.15) is 11.3 Å². The van der Waals surface area contributed by atoms with Crippen LogP contribution >= 0.6 is 11.8 Å². The number of aromatic nitrogens is 1. The molecule has 0 radical (unpaired) electrons. The lowest BCUT2D eigenvalue weighted by Gasteiger charge is -2.08. The molecule has 1 heterocycles. The molecule has 3 aromatic rings. The number of carbonyl (C=O) groups is 1. The summed E-state index contributed by atoms with van der Waals surface area (Å²) in [6.07, 6.45) is -4.96. The number of benzene rings is 2. The maximum atomic E-state index is 12.7. The van der Waals surface area contributed by atoms with E-state index in [1.165, 1.54) is 6.07 Å². The summed E-state index contributed by atoms with van der Waals surface area (Å²) < 4.78 is 43.2. The first-order valence-corrected chi connectivity index (χ1v) is 9.61. The fourth-order valence-electron chi connectivity index (χ4n) is 2.48. The third-order valence-corrected chi connectivity index (χ3v) is 4.79. The van der Waals surface area contributed by atoms with E-state index in [1.54, 1.807) is 36.0 Å². The highest BCUT2D eigenvalue weighted by Crippen LogP contribution is 2.29. The third-order valence-electron chi connectivity index (χ3n) is 3.79. The highest BCUT2D eigenvalue weighted by Gasteiger charge is 2.32. The normalized spacial score (nSPS) is 11.4. The average Bonchev–Trinajstić information content (AvgIpc) is 2.67. The number of nitrogens with one attached hydrogen (secondary N) is 1. The number of thioether (sulfide) groups is 1. The second-order valence-corrected chi connectivity index (χ2v) is 7.01. The highest BCUT2D eigenvalue weighted by molar-refractivity contribution is 7.98. The topological polar surface area (TPSA) is 51.2 Å². The van der Waals surface area contributed by atoms with E-state index in [1.807, 2.05) is 24.3 Å². The van der Waals surface area contributed by atoms with Crippen LogP contribution < -0.4 is 5.32 Å². The monoisotopic (exact) mass is 406 g/mol. The maximum absolute atomic E-state index is 12.7. The van der Waals surface area contributed by atoms with Gasteiger partial charge in [0.2, 0.25) is 0 Å². The number of ether oxygens (including phenoxy) is 1. The minimum absolute atomic E-state index is 0.257. The van der Waals surface area contributed by atoms with Crippen molar-refractivity contribution in [3.05, 3.63) is 71.9 Å². The van der Waals surface area contributed by atoms with E-state index < -0.39 is 18.0 Å². The third kappa shape index (κ3) is 5.63. The standard InChI is InChI=1S/C20H17F3N2O2S/c21-20(22,23)18-9-7-15-12-14(6-8-17(15)25-18)13-28-11-10-27-19(26)24-16-4-2-1-3-5-16/h1-9,12H,10-11,13H2,(H,24,26). The second kappa shape index (κ2) is 8.97. The van der Waals surface area contributed by atoms with Crippen LogP contribution in [0.4, 0.5) is 23.7 Å². The number of hydrogen-bond acceptors (Lipinski definition) is 4. The molecule has 4 nitrogen and oxygen atoms in total. The summed E-state index contributed by atoms with van der Waals surface area (Å²) in [5, 5.41) is 3.29. The molecule has 1 N–H and O–H groups in total. The van der Waals surface area contributed by atoms with Gasteiger partial charge >= 0.3 is 12.3 Å². The quantitative estimate of drug-likeness (QED) is 0.531. The molecule has 2 aromatic carbocycles. The SMILES string of the molecule is O=C(Nc1ccccc1)OCCSCc1ccc2nc(C(F)(F)F)ccc2c1. The van der Waals surface area contributed by atoms with Gasteiger partial charge in [-0.25, -0.2) is 9.78 Å². The number of carbonyl (C=O) groups excluding carboxylic acids is 1. The molecule has 0 unspecified atom stereocenters. The summed E-state index contributed by atoms with van der Waals surface area (Å²) in [7, 11) is 0. The van der Waals surface area contributed by atoms with Gasteiger partial charge in [0.15, 0.2) is 0 Å². The Labute approximate surface area is 164 Å². The number of alkyl halides is 3. The minimum atomic E-state index is -4.45. The van der Waals surface area contributed by atoms with Crippen LogP contribution in [0.15, 0.2) is 60.7 Å². The summed E-state index contributed by atoms with van der Waals surface area (Å²) in [4.78, 5) is 15.3. The Morgan fingerprint density at radius 2 is 1.86 bits per heavy atom. The van der Waals surface area contributed by atoms with Crippen LogP contribution in [0.25, 0.3) is 10.9 Å². The first-order chi connectivity index (χ1) is 13.4. The van der Waals surface area contributed by atoms with Gasteiger partial charge in [0.05, 0.1) is 5.52 Å². The predicted octanol–water partition coefficient (Wildman–Crippen LogP) is 5.74. The molecule has 0 saturated carbocycles. The Balaban J connectivity index is 1.44. The Morgan fingerprint density at radius 1 is 1.07 bits per heavy atom. The summed E-state index contributed by atoms with van der Waals surface area (Å²) in [6.45, 7) is 0.257. The molecule has 28 heavy (non-hydrogen) atoms. The smallest absolute Gasteiger partial charge is 0.433 e. The molecule has 0 aliphatic carbocycles. The van der Waals surface area contributed by atoms with Gasteiger partial charge in [-0.05, 0) is 35.9 Å². The molecule has 0 fully saturated rings. The minimum Gasteiger partial charge on any atom is -0.448 e. The predicted molar refractivity (Wildman–Crippen MR) is 104 cm³/mol. The van der Waals surface area contributed by atoms with E-state index in [-0.39, 0.29) is 6.61 Å². The van der Waals surface area contributed by atoms with Gasteiger partial charge in [0.1, 0.15) is 12.3 Å². The fourth-order valence-corrected chi connectivity index (χ4v) is 3.24. The Bertz CT molecular complexity index is 949. The number of rotatable bonds is 6. The van der Waals surface area contributed by atoms with Crippen molar-refractivity contribution in [2.45, 2.75) is 11.9 Å². The molecule has 1 amide bonds. The first kappa shape index (κ1) is 20.0. The lowest BCUT2D eigenvalue weighted by molar-refractivity contribution is -0.140. The van der Waals surface area contributed by atoms with E-state index >= 15 is 0 Å². The van der Waals surface area contributed by atoms with Crippen molar-refractivity contribution in [3.8, 4) is 0 Å². The molecule has 0 bridgehead atoms. The maximum Gasteiger partial charge on any atom is 0.433 e. The summed E-state index contributed by atoms with van der Waals surface area (Å²) in [5.41, 5.74) is 1.05. The van der Waals surface area contributed by atoms with Crippen LogP contribution in [0.2, 0.25) is 0 Å². The average molecular weight is 406 g/mol. The van der Waals surface area contributed by atoms with E-state index in [9.17, 15) is 18.0 Å². The zero-order valence-electron chi connectivity index (χ0n) is 14.7. The second-order valence-electron chi connectivity index (χ2n) is 5.90. The number of halogens is 3. The molecule has 146 valence electrons. The van der Waals surface area contributed by atoms with Crippen LogP contribution in [-0.4, -0.2) is 23.4 Å². The molecule has 0 aliphatic rings. The van der Waals surface area contributed by atoms with Crippen molar-refractivity contribution in [1.29, 1.82) is 0 Å². The van der Waals surface area contributed by atoms with Gasteiger partial charge in [-0.1, -0.05) is 30.3 Å². The van der Waals surface area contributed by atoms with Crippen molar-refractivity contribution in [2.75, 3.05) is 17.7 Å². The van der Waals surface area contributed by atoms with Crippen LogP contribution in [-0.2, 0) is 16.7 Å². The van der Waals surface area contributed by atoms with Crippen LogP contribution in [0.5, 0.6) is 0 Å². The van der Waals surface area contributed by atoms with Crippen molar-refractivity contribution >= 4 is 34.4 Å². The van der Waals surface area contributed by atoms with Crippen LogP contribution in [0, 0.1) is 0 Å². The Hall–Kier alpha value is -2.74. The Kier molecular flexibility index (Phi) is 6.41. The zero-order chi connectivity index (χ0) is 20.0. The van der Waals surface area contributed by atoms with Gasteiger partial charge in [-0.15, -0.1) is 0 Å². The number of pyridine rings is 1. The number of para-hydroxylation sites is 1. The molecule has 3 rings (SSSR count). The molecule has 0 atom stereocenters. The van der Waals surface area contributed by atoms with Crippen molar-refractivity contribution in [2.24, 2.45) is 0 Å². The van der Waals surface area contributed by atoms with Gasteiger partial charge in [0, 0.05) is 22.6 Å². The Morgan fingerprint density at radius 3 is 2.61 bits per heavy atom. The summed E-state index contributed by atoms with van der Waals surface area (Å²) >= 11 is 1.57. The largest absolute Gasteiger partial charge is 0.448 e. The van der Waals surface area contributed by atoms with E-state index in [4.69, 9.17) is 4.74 Å². The van der Waals surface area contributed by atoms with Gasteiger partial charge in [0.25, 0.3) is 0 Å². The van der Waals surface area contributed by atoms with Gasteiger partial charge < -0.3 is 4.74 Å². The molecular formula is C20H17F3N2O2S. The van der Waals surface area contributed by atoms with Crippen molar-refractivity contribution in [1.82, 2.24) is 4.98 Å². The lowest BCUT2D eigenvalue weighted by Crippen LogP contribution is -2.15. The zero-order valence-corrected chi connectivity index (χ0v) is 15.5. The van der Waals surface area contributed by atoms with E-state index in [0.29, 0.717) is 28.1 Å². The molecule has 8 heteroatoms. The van der Waals surface area contributed by atoms with E-state index in [0.717, 1.165) is 11.6 Å². The molecule has 0 spiro atoms. The molecule has 0 aliphatic heterocycles. The van der Waals surface area contributed by atoms with Crippen molar-refractivity contribution < 1.29 is 22.7 Å². The van der Waals surface area contributed by atoms with Gasteiger partial charge in [-0.2, -0.15) is 24.9 Å². The number of hydrogen-bond donors (Lipinski definition) is 1. The fraction of sp³-hybridized carbons (Fsp3) is 0.200. The van der Waals surface area contributed by atoms with E-state index in [2.05, 4.69) is 10.3 Å². The molecular weight excluding hydrogens is 389 g/mol. The highest BCUT2D eigenvalue weighted by atomic mass is 32.2. The molecule has 0 saturated heterocycles. The molecule has 1 aromatic heterocycles. The van der Waals surface area contributed by atoms with Crippen molar-refractivity contribution in [3.63, 3.8) is 0 Å². The van der Waals surface area contributed by atoms with Crippen LogP contribution in [0.3, 0.4) is 0 Å². The van der Waals surface area contributed by atoms with Gasteiger partial charge in [-0.3, -0.25) is 5.32 Å². The number of fused-ring (bicyclic) bond motifs is 1. The lowest BCUT2D eigenvalue weighted by atomic mass is 10.1. The summed E-state index contributed by atoms with van der Waals surface area (Å²) in [5.74, 6) is 1.26.